The first-order chi connectivity index (χ1) is 12.8. The fourth-order valence-corrected chi connectivity index (χ4v) is 3.98. The van der Waals surface area contributed by atoms with E-state index in [2.05, 4.69) is 19.1 Å². The Bertz CT molecular complexity index is 587. The highest BCUT2D eigenvalue weighted by molar-refractivity contribution is 5.30. The van der Waals surface area contributed by atoms with Gasteiger partial charge in [-0.1, -0.05) is 38.3 Å². The fourth-order valence-electron chi connectivity index (χ4n) is 3.98. The lowest BCUT2D eigenvalue weighted by atomic mass is 9.77. The Balaban J connectivity index is 1.80. The third kappa shape index (κ3) is 6.62. The highest BCUT2D eigenvalue weighted by atomic mass is 19.4. The molecule has 0 nitrogen and oxygen atoms in total. The van der Waals surface area contributed by atoms with Gasteiger partial charge in [0.15, 0.2) is 0 Å². The summed E-state index contributed by atoms with van der Waals surface area (Å²) < 4.78 is 65.6. The number of alkyl halides is 3. The van der Waals surface area contributed by atoms with Crippen molar-refractivity contribution in [3.63, 3.8) is 0 Å². The minimum atomic E-state index is -5.00. The fraction of sp³-hybridized carbons (Fsp3) is 0.636. The zero-order valence-corrected chi connectivity index (χ0v) is 15.9. The molecular formula is C22H29F5. The van der Waals surface area contributed by atoms with Gasteiger partial charge in [-0.05, 0) is 74.5 Å². The Hall–Kier alpha value is -1.39. The van der Waals surface area contributed by atoms with Crippen LogP contribution in [0, 0.1) is 17.6 Å². The first-order valence-electron chi connectivity index (χ1n) is 10.0. The van der Waals surface area contributed by atoms with Crippen molar-refractivity contribution in [1.29, 1.82) is 0 Å². The summed E-state index contributed by atoms with van der Waals surface area (Å²) in [6, 6.07) is 1.75. The summed E-state index contributed by atoms with van der Waals surface area (Å²) in [6.07, 6.45) is 9.91. The molecule has 0 spiro atoms. The molecule has 1 saturated carbocycles. The molecule has 0 saturated heterocycles. The standard InChI is InChI=1S/C22H29F5/c1-2-3-4-5-6-7-8-9-16-10-12-17(13-11-16)18-14-19(23)21(20(24)15-18)22(25,26)27/h4-5,14-17H,2-3,6-13H2,1H3. The second-order valence-electron chi connectivity index (χ2n) is 7.62. The van der Waals surface area contributed by atoms with Crippen molar-refractivity contribution in [2.24, 2.45) is 5.92 Å². The molecule has 152 valence electrons. The van der Waals surface area contributed by atoms with Crippen LogP contribution in [0.4, 0.5) is 22.0 Å². The normalized spacial score (nSPS) is 21.1. The highest BCUT2D eigenvalue weighted by Crippen LogP contribution is 2.40. The van der Waals surface area contributed by atoms with Gasteiger partial charge >= 0.3 is 6.18 Å². The van der Waals surface area contributed by atoms with Gasteiger partial charge in [-0.3, -0.25) is 0 Å². The van der Waals surface area contributed by atoms with E-state index >= 15 is 0 Å². The van der Waals surface area contributed by atoms with Crippen molar-refractivity contribution < 1.29 is 22.0 Å². The van der Waals surface area contributed by atoms with Crippen molar-refractivity contribution in [1.82, 2.24) is 0 Å². The minimum absolute atomic E-state index is 0.0514. The molecule has 0 aromatic heterocycles. The minimum Gasteiger partial charge on any atom is -0.206 e. The number of halogens is 5. The lowest BCUT2D eigenvalue weighted by Gasteiger charge is -2.29. The van der Waals surface area contributed by atoms with Crippen molar-refractivity contribution in [3.8, 4) is 0 Å². The molecule has 2 rings (SSSR count). The molecule has 0 N–H and O–H groups in total. The van der Waals surface area contributed by atoms with Gasteiger partial charge in [-0.2, -0.15) is 13.2 Å². The summed E-state index contributed by atoms with van der Waals surface area (Å²) in [6.45, 7) is 2.16. The summed E-state index contributed by atoms with van der Waals surface area (Å²) in [5.74, 6) is -2.44. The largest absolute Gasteiger partial charge is 0.422 e. The summed E-state index contributed by atoms with van der Waals surface area (Å²) in [5, 5.41) is 0. The maximum atomic E-state index is 13.8. The summed E-state index contributed by atoms with van der Waals surface area (Å²) >= 11 is 0. The summed E-state index contributed by atoms with van der Waals surface area (Å²) in [4.78, 5) is 0. The molecule has 0 bridgehead atoms. The van der Waals surface area contributed by atoms with Crippen LogP contribution in [0.15, 0.2) is 24.3 Å². The number of hydrogen-bond donors (Lipinski definition) is 0. The quantitative estimate of drug-likeness (QED) is 0.239. The van der Waals surface area contributed by atoms with Gasteiger partial charge in [-0.15, -0.1) is 0 Å². The third-order valence-electron chi connectivity index (χ3n) is 5.52. The van der Waals surface area contributed by atoms with Crippen LogP contribution in [-0.4, -0.2) is 0 Å². The van der Waals surface area contributed by atoms with Crippen LogP contribution in [0.25, 0.3) is 0 Å². The lowest BCUT2D eigenvalue weighted by Crippen LogP contribution is -2.16. The van der Waals surface area contributed by atoms with Crippen LogP contribution < -0.4 is 0 Å². The Morgan fingerprint density at radius 2 is 1.52 bits per heavy atom. The highest BCUT2D eigenvalue weighted by Gasteiger charge is 2.38. The molecular weight excluding hydrogens is 359 g/mol. The molecule has 27 heavy (non-hydrogen) atoms. The van der Waals surface area contributed by atoms with E-state index in [-0.39, 0.29) is 5.92 Å². The molecule has 1 aromatic carbocycles. The van der Waals surface area contributed by atoms with E-state index in [1.807, 2.05) is 0 Å². The summed E-state index contributed by atoms with van der Waals surface area (Å²) in [5.41, 5.74) is -1.43. The molecule has 0 heterocycles. The van der Waals surface area contributed by atoms with Crippen LogP contribution in [0.2, 0.25) is 0 Å². The van der Waals surface area contributed by atoms with E-state index in [0.717, 1.165) is 57.1 Å². The number of hydrogen-bond acceptors (Lipinski definition) is 0. The maximum Gasteiger partial charge on any atom is 0.422 e. The first kappa shape index (κ1) is 21.9. The SMILES string of the molecule is CCCC=CCCCCC1CCC(c2cc(F)c(C(F)(F)F)c(F)c2)CC1. The number of allylic oxidation sites excluding steroid dienone is 2. The molecule has 1 fully saturated rings. The molecule has 0 radical (unpaired) electrons. The van der Waals surface area contributed by atoms with Crippen molar-refractivity contribution in [3.05, 3.63) is 47.0 Å². The van der Waals surface area contributed by atoms with Gasteiger partial charge < -0.3 is 0 Å². The molecule has 1 aliphatic rings. The molecule has 0 aliphatic heterocycles. The lowest BCUT2D eigenvalue weighted by molar-refractivity contribution is -0.142. The molecule has 0 amide bonds. The van der Waals surface area contributed by atoms with E-state index < -0.39 is 23.4 Å². The monoisotopic (exact) mass is 388 g/mol. The number of benzene rings is 1. The Kier molecular flexibility index (Phi) is 8.30. The smallest absolute Gasteiger partial charge is 0.206 e. The average Bonchev–Trinajstić information content (AvgIpc) is 2.59. The molecule has 0 atom stereocenters. The topological polar surface area (TPSA) is 0 Å². The summed E-state index contributed by atoms with van der Waals surface area (Å²) in [7, 11) is 0. The Labute approximate surface area is 158 Å². The zero-order valence-electron chi connectivity index (χ0n) is 15.9. The first-order valence-corrected chi connectivity index (χ1v) is 10.0. The maximum absolute atomic E-state index is 13.8. The second kappa shape index (κ2) is 10.2. The predicted octanol–water partition coefficient (Wildman–Crippen LogP) is 8.17. The van der Waals surface area contributed by atoms with Crippen LogP contribution in [-0.2, 0) is 6.18 Å². The van der Waals surface area contributed by atoms with Gasteiger partial charge in [-0.25, -0.2) is 8.78 Å². The third-order valence-corrected chi connectivity index (χ3v) is 5.52. The Morgan fingerprint density at radius 1 is 0.926 bits per heavy atom. The van der Waals surface area contributed by atoms with Crippen LogP contribution in [0.5, 0.6) is 0 Å². The Morgan fingerprint density at radius 3 is 2.07 bits per heavy atom. The zero-order chi connectivity index (χ0) is 19.9. The van der Waals surface area contributed by atoms with Crippen molar-refractivity contribution in [2.75, 3.05) is 0 Å². The predicted molar refractivity (Wildman–Crippen MR) is 98.6 cm³/mol. The molecule has 5 heteroatoms. The average molecular weight is 388 g/mol. The second-order valence-corrected chi connectivity index (χ2v) is 7.62. The van der Waals surface area contributed by atoms with E-state index in [1.165, 1.54) is 19.3 Å². The van der Waals surface area contributed by atoms with Crippen LogP contribution >= 0.6 is 0 Å². The van der Waals surface area contributed by atoms with Crippen molar-refractivity contribution >= 4 is 0 Å². The van der Waals surface area contributed by atoms with Gasteiger partial charge in [0.2, 0.25) is 0 Å². The van der Waals surface area contributed by atoms with E-state index in [4.69, 9.17) is 0 Å². The van der Waals surface area contributed by atoms with Crippen LogP contribution in [0.1, 0.15) is 88.2 Å². The van der Waals surface area contributed by atoms with Gasteiger partial charge in [0, 0.05) is 0 Å². The number of unbranched alkanes of at least 4 members (excludes halogenated alkanes) is 3. The van der Waals surface area contributed by atoms with Gasteiger partial charge in [0.05, 0.1) is 0 Å². The van der Waals surface area contributed by atoms with E-state index in [9.17, 15) is 22.0 Å². The van der Waals surface area contributed by atoms with Crippen molar-refractivity contribution in [2.45, 2.75) is 83.2 Å². The number of rotatable bonds is 8. The molecule has 1 aliphatic carbocycles. The van der Waals surface area contributed by atoms with E-state index in [1.54, 1.807) is 0 Å². The molecule has 0 unspecified atom stereocenters. The van der Waals surface area contributed by atoms with Gasteiger partial charge in [0.1, 0.15) is 17.2 Å². The van der Waals surface area contributed by atoms with Crippen LogP contribution in [0.3, 0.4) is 0 Å². The van der Waals surface area contributed by atoms with E-state index in [0.29, 0.717) is 11.5 Å². The van der Waals surface area contributed by atoms with Gasteiger partial charge in [0.25, 0.3) is 0 Å². The molecule has 1 aromatic rings.